The van der Waals surface area contributed by atoms with Crippen LogP contribution in [0.25, 0.3) is 0 Å². The van der Waals surface area contributed by atoms with Crippen LogP contribution in [0, 0.1) is 5.92 Å². The molecule has 2 fully saturated rings. The molecule has 0 aliphatic carbocycles. The zero-order chi connectivity index (χ0) is 17.8. The van der Waals surface area contributed by atoms with E-state index < -0.39 is 6.04 Å². The second-order valence-corrected chi connectivity index (χ2v) is 6.62. The van der Waals surface area contributed by atoms with E-state index in [0.29, 0.717) is 26.1 Å². The molecular formula is C19H24N2O4. The topological polar surface area (TPSA) is 66.9 Å². The molecule has 134 valence electrons. The van der Waals surface area contributed by atoms with Gasteiger partial charge >= 0.3 is 5.97 Å². The van der Waals surface area contributed by atoms with Crippen LogP contribution in [0.1, 0.15) is 31.7 Å². The Morgan fingerprint density at radius 2 is 2.00 bits per heavy atom. The molecule has 1 aromatic rings. The molecule has 2 heterocycles. The molecule has 6 nitrogen and oxygen atoms in total. The Kier molecular flexibility index (Phi) is 5.36. The van der Waals surface area contributed by atoms with E-state index in [1.807, 2.05) is 37.3 Å². The molecule has 2 saturated heterocycles. The maximum Gasteiger partial charge on any atom is 0.329 e. The molecule has 0 spiro atoms. The molecule has 2 amide bonds. The lowest BCUT2D eigenvalue weighted by Crippen LogP contribution is -2.44. The van der Waals surface area contributed by atoms with Crippen molar-refractivity contribution in [2.45, 2.75) is 38.8 Å². The molecule has 0 aromatic heterocycles. The highest BCUT2D eigenvalue weighted by molar-refractivity contribution is 5.92. The number of likely N-dealkylation sites (tertiary alicyclic amines) is 2. The molecule has 2 aliphatic heterocycles. The minimum atomic E-state index is -0.526. The minimum absolute atomic E-state index is 0.0169. The molecule has 3 rings (SSSR count). The number of benzene rings is 1. The van der Waals surface area contributed by atoms with Gasteiger partial charge in [0.2, 0.25) is 11.8 Å². The van der Waals surface area contributed by atoms with Crippen LogP contribution >= 0.6 is 0 Å². The normalized spacial score (nSPS) is 23.2. The second-order valence-electron chi connectivity index (χ2n) is 6.62. The summed E-state index contributed by atoms with van der Waals surface area (Å²) in [7, 11) is 0. The number of amides is 2. The number of hydrogen-bond donors (Lipinski definition) is 0. The van der Waals surface area contributed by atoms with Gasteiger partial charge in [-0.15, -0.1) is 0 Å². The second kappa shape index (κ2) is 7.68. The Bertz CT molecular complexity index is 646. The van der Waals surface area contributed by atoms with Crippen molar-refractivity contribution in [3.05, 3.63) is 35.9 Å². The third-order valence-electron chi connectivity index (χ3n) is 4.98. The number of esters is 1. The summed E-state index contributed by atoms with van der Waals surface area (Å²) < 4.78 is 5.41. The maximum atomic E-state index is 12.8. The van der Waals surface area contributed by atoms with E-state index in [4.69, 9.17) is 4.74 Å². The van der Waals surface area contributed by atoms with E-state index in [0.717, 1.165) is 12.0 Å². The van der Waals surface area contributed by atoms with Crippen molar-refractivity contribution in [3.8, 4) is 0 Å². The first kappa shape index (κ1) is 17.5. The highest BCUT2D eigenvalue weighted by Crippen LogP contribution is 2.26. The van der Waals surface area contributed by atoms with Crippen LogP contribution in [-0.4, -0.2) is 53.3 Å². The fourth-order valence-corrected chi connectivity index (χ4v) is 3.58. The lowest BCUT2D eigenvalue weighted by atomic mass is 10.1. The van der Waals surface area contributed by atoms with Crippen molar-refractivity contribution < 1.29 is 19.1 Å². The van der Waals surface area contributed by atoms with Crippen molar-refractivity contribution in [3.63, 3.8) is 0 Å². The zero-order valence-electron chi connectivity index (χ0n) is 14.5. The molecule has 0 bridgehead atoms. The summed E-state index contributed by atoms with van der Waals surface area (Å²) in [5, 5.41) is 0. The molecule has 25 heavy (non-hydrogen) atoms. The standard InChI is InChI=1S/C19H24N2O4/c1-2-20-12-15(11-17(20)22)18(23)21-10-6-9-16(21)19(24)25-13-14-7-4-3-5-8-14/h3-5,7-8,15-16H,2,6,9-13H2,1H3. The predicted molar refractivity (Wildman–Crippen MR) is 91.3 cm³/mol. The van der Waals surface area contributed by atoms with Gasteiger partial charge in [-0.3, -0.25) is 9.59 Å². The number of carbonyl (C=O) groups is 3. The Labute approximate surface area is 147 Å². The van der Waals surface area contributed by atoms with Crippen LogP contribution in [0.5, 0.6) is 0 Å². The smallest absolute Gasteiger partial charge is 0.329 e. The van der Waals surface area contributed by atoms with Crippen LogP contribution < -0.4 is 0 Å². The lowest BCUT2D eigenvalue weighted by molar-refractivity contribution is -0.155. The van der Waals surface area contributed by atoms with Gasteiger partial charge in [-0.2, -0.15) is 0 Å². The largest absolute Gasteiger partial charge is 0.459 e. The van der Waals surface area contributed by atoms with Crippen LogP contribution in [0.15, 0.2) is 30.3 Å². The van der Waals surface area contributed by atoms with Gasteiger partial charge in [0.1, 0.15) is 12.6 Å². The quantitative estimate of drug-likeness (QED) is 0.761. The first-order valence-electron chi connectivity index (χ1n) is 8.89. The van der Waals surface area contributed by atoms with Gasteiger partial charge in [0.15, 0.2) is 0 Å². The summed E-state index contributed by atoms with van der Waals surface area (Å²) in [6.07, 6.45) is 1.65. The molecule has 0 saturated carbocycles. The van der Waals surface area contributed by atoms with Gasteiger partial charge in [-0.1, -0.05) is 30.3 Å². The number of hydrogen-bond acceptors (Lipinski definition) is 4. The van der Waals surface area contributed by atoms with Crippen LogP contribution in [-0.2, 0) is 25.7 Å². The van der Waals surface area contributed by atoms with Crippen LogP contribution in [0.4, 0.5) is 0 Å². The summed E-state index contributed by atoms with van der Waals surface area (Å²) in [4.78, 5) is 40.4. The van der Waals surface area contributed by atoms with Gasteiger partial charge in [0, 0.05) is 26.1 Å². The molecule has 1 aromatic carbocycles. The van der Waals surface area contributed by atoms with Gasteiger partial charge in [0.25, 0.3) is 0 Å². The van der Waals surface area contributed by atoms with E-state index in [-0.39, 0.29) is 36.7 Å². The van der Waals surface area contributed by atoms with Crippen LogP contribution in [0.2, 0.25) is 0 Å². The maximum absolute atomic E-state index is 12.8. The number of nitrogens with zero attached hydrogens (tertiary/aromatic N) is 2. The first-order chi connectivity index (χ1) is 12.1. The summed E-state index contributed by atoms with van der Waals surface area (Å²) in [5.74, 6) is -0.770. The van der Waals surface area contributed by atoms with E-state index >= 15 is 0 Å². The van der Waals surface area contributed by atoms with Crippen LogP contribution in [0.3, 0.4) is 0 Å². The fraction of sp³-hybridized carbons (Fsp3) is 0.526. The third kappa shape index (κ3) is 3.83. The van der Waals surface area contributed by atoms with E-state index in [1.165, 1.54) is 0 Å². The molecule has 2 aliphatic rings. The molecule has 0 N–H and O–H groups in total. The summed E-state index contributed by atoms with van der Waals surface area (Å²) in [6.45, 7) is 3.75. The van der Waals surface area contributed by atoms with E-state index in [1.54, 1.807) is 9.80 Å². The van der Waals surface area contributed by atoms with Gasteiger partial charge in [-0.25, -0.2) is 4.79 Å². The van der Waals surface area contributed by atoms with Gasteiger partial charge in [-0.05, 0) is 25.3 Å². The van der Waals surface area contributed by atoms with Crippen molar-refractivity contribution >= 4 is 17.8 Å². The molecule has 6 heteroatoms. The van der Waals surface area contributed by atoms with E-state index in [9.17, 15) is 14.4 Å². The Morgan fingerprint density at radius 3 is 2.68 bits per heavy atom. The summed E-state index contributed by atoms with van der Waals surface area (Å²) in [5.41, 5.74) is 0.923. The average Bonchev–Trinajstić information content (AvgIpc) is 3.26. The average molecular weight is 344 g/mol. The lowest BCUT2D eigenvalue weighted by Gasteiger charge is -2.26. The summed E-state index contributed by atoms with van der Waals surface area (Å²) >= 11 is 0. The fourth-order valence-electron chi connectivity index (χ4n) is 3.58. The number of rotatable bonds is 5. The Balaban J connectivity index is 1.59. The Morgan fingerprint density at radius 1 is 1.24 bits per heavy atom. The molecule has 2 unspecified atom stereocenters. The highest BCUT2D eigenvalue weighted by Gasteiger charge is 2.41. The predicted octanol–water partition coefficient (Wildman–Crippen LogP) is 1.59. The minimum Gasteiger partial charge on any atom is -0.459 e. The molecule has 0 radical (unpaired) electrons. The molecule has 2 atom stereocenters. The highest BCUT2D eigenvalue weighted by atomic mass is 16.5. The number of ether oxygens (including phenoxy) is 1. The Hall–Kier alpha value is -2.37. The molecular weight excluding hydrogens is 320 g/mol. The van der Waals surface area contributed by atoms with Crippen molar-refractivity contribution in [2.24, 2.45) is 5.92 Å². The summed E-state index contributed by atoms with van der Waals surface area (Å²) in [6, 6.07) is 8.96. The monoisotopic (exact) mass is 344 g/mol. The zero-order valence-corrected chi connectivity index (χ0v) is 14.5. The van der Waals surface area contributed by atoms with Gasteiger partial charge in [0.05, 0.1) is 5.92 Å². The number of carbonyl (C=O) groups excluding carboxylic acids is 3. The third-order valence-corrected chi connectivity index (χ3v) is 4.98. The SMILES string of the molecule is CCN1CC(C(=O)N2CCCC2C(=O)OCc2ccccc2)CC1=O. The van der Waals surface area contributed by atoms with E-state index in [2.05, 4.69) is 0 Å². The van der Waals surface area contributed by atoms with Crippen molar-refractivity contribution in [1.29, 1.82) is 0 Å². The first-order valence-corrected chi connectivity index (χ1v) is 8.89. The van der Waals surface area contributed by atoms with Gasteiger partial charge < -0.3 is 14.5 Å². The van der Waals surface area contributed by atoms with Crippen molar-refractivity contribution in [1.82, 2.24) is 9.80 Å². The van der Waals surface area contributed by atoms with Crippen molar-refractivity contribution in [2.75, 3.05) is 19.6 Å².